The lowest BCUT2D eigenvalue weighted by molar-refractivity contribution is 0.0346. The van der Waals surface area contributed by atoms with Gasteiger partial charge in [0.1, 0.15) is 0 Å². The van der Waals surface area contributed by atoms with E-state index < -0.39 is 5.60 Å². The van der Waals surface area contributed by atoms with Crippen LogP contribution >= 0.6 is 0 Å². The van der Waals surface area contributed by atoms with Crippen LogP contribution in [0.15, 0.2) is 0 Å². The molecular weight excluding hydrogens is 178 g/mol. The molecule has 0 heterocycles. The molecule has 0 aromatic heterocycles. The van der Waals surface area contributed by atoms with Gasteiger partial charge in [0, 0.05) is 12.6 Å². The maximum Gasteiger partial charge on any atom is 0.0741 e. The highest BCUT2D eigenvalue weighted by molar-refractivity contribution is 4.83. The molecule has 0 radical (unpaired) electrons. The van der Waals surface area contributed by atoms with Crippen molar-refractivity contribution in [3.63, 3.8) is 0 Å². The summed E-state index contributed by atoms with van der Waals surface area (Å²) >= 11 is 0. The van der Waals surface area contributed by atoms with Gasteiger partial charge in [0.25, 0.3) is 0 Å². The third-order valence-electron chi connectivity index (χ3n) is 3.24. The Hall–Kier alpha value is -0.120. The molecule has 3 nitrogen and oxygen atoms in total. The van der Waals surface area contributed by atoms with Gasteiger partial charge in [-0.3, -0.25) is 0 Å². The van der Waals surface area contributed by atoms with Crippen LogP contribution in [0.3, 0.4) is 0 Å². The highest BCUT2D eigenvalue weighted by atomic mass is 16.3. The molecule has 1 unspecified atom stereocenters. The van der Waals surface area contributed by atoms with Crippen molar-refractivity contribution < 1.29 is 10.2 Å². The molecule has 0 aliphatic heterocycles. The van der Waals surface area contributed by atoms with Gasteiger partial charge < -0.3 is 15.5 Å². The van der Waals surface area contributed by atoms with Crippen molar-refractivity contribution in [1.82, 2.24) is 5.32 Å². The zero-order valence-electron chi connectivity index (χ0n) is 9.29. The number of aliphatic hydroxyl groups is 2. The molecule has 1 fully saturated rings. The quantitative estimate of drug-likeness (QED) is 0.637. The Morgan fingerprint density at radius 3 is 2.57 bits per heavy atom. The number of nitrogens with one attached hydrogen (secondary N) is 1. The van der Waals surface area contributed by atoms with Crippen molar-refractivity contribution in [3.8, 4) is 0 Å². The first-order valence-electron chi connectivity index (χ1n) is 5.69. The molecule has 0 spiro atoms. The Kier molecular flexibility index (Phi) is 4.35. The van der Waals surface area contributed by atoms with Crippen LogP contribution in [0.4, 0.5) is 0 Å². The van der Waals surface area contributed by atoms with Crippen LogP contribution in [0.25, 0.3) is 0 Å². The molecule has 1 aliphatic rings. The van der Waals surface area contributed by atoms with Gasteiger partial charge >= 0.3 is 0 Å². The van der Waals surface area contributed by atoms with E-state index in [1.165, 1.54) is 6.42 Å². The van der Waals surface area contributed by atoms with Gasteiger partial charge in [0.15, 0.2) is 0 Å². The fourth-order valence-electron chi connectivity index (χ4n) is 1.83. The van der Waals surface area contributed by atoms with E-state index in [1.807, 2.05) is 13.8 Å². The highest BCUT2D eigenvalue weighted by Gasteiger charge is 2.25. The van der Waals surface area contributed by atoms with Gasteiger partial charge in [-0.15, -0.1) is 0 Å². The molecule has 1 saturated carbocycles. The first-order valence-corrected chi connectivity index (χ1v) is 5.69. The van der Waals surface area contributed by atoms with Gasteiger partial charge in [-0.2, -0.15) is 0 Å². The van der Waals surface area contributed by atoms with Crippen LogP contribution in [0, 0.1) is 0 Å². The molecule has 1 rings (SSSR count). The van der Waals surface area contributed by atoms with Crippen molar-refractivity contribution >= 4 is 0 Å². The van der Waals surface area contributed by atoms with Crippen molar-refractivity contribution in [2.24, 2.45) is 0 Å². The summed E-state index contributed by atoms with van der Waals surface area (Å²) in [4.78, 5) is 0. The summed E-state index contributed by atoms with van der Waals surface area (Å²) in [7, 11) is 0. The largest absolute Gasteiger partial charge is 0.392 e. The summed E-state index contributed by atoms with van der Waals surface area (Å²) < 4.78 is 0. The molecule has 0 aromatic carbocycles. The molecular formula is C11H23NO2. The van der Waals surface area contributed by atoms with Gasteiger partial charge in [-0.25, -0.2) is 0 Å². The van der Waals surface area contributed by atoms with Crippen molar-refractivity contribution in [2.45, 2.75) is 63.7 Å². The molecule has 0 saturated heterocycles. The van der Waals surface area contributed by atoms with E-state index in [9.17, 15) is 10.2 Å². The van der Waals surface area contributed by atoms with Crippen molar-refractivity contribution in [2.75, 3.05) is 6.54 Å². The van der Waals surface area contributed by atoms with Crippen LogP contribution < -0.4 is 5.32 Å². The fourth-order valence-corrected chi connectivity index (χ4v) is 1.83. The normalized spacial score (nSPS) is 32.6. The minimum Gasteiger partial charge on any atom is -0.392 e. The first kappa shape index (κ1) is 12.0. The average molecular weight is 201 g/mol. The fraction of sp³-hybridized carbons (Fsp3) is 1.00. The molecule has 0 amide bonds. The summed E-state index contributed by atoms with van der Waals surface area (Å²) in [6.45, 7) is 4.37. The Morgan fingerprint density at radius 2 is 2.00 bits per heavy atom. The lowest BCUT2D eigenvalue weighted by atomic mass is 9.92. The minimum atomic E-state index is -0.642. The van der Waals surface area contributed by atoms with Crippen molar-refractivity contribution in [3.05, 3.63) is 0 Å². The second-order valence-electron chi connectivity index (χ2n) is 4.69. The van der Waals surface area contributed by atoms with E-state index in [-0.39, 0.29) is 12.1 Å². The van der Waals surface area contributed by atoms with E-state index in [1.54, 1.807) is 0 Å². The lowest BCUT2D eigenvalue weighted by Gasteiger charge is -2.31. The Balaban J connectivity index is 2.29. The Bertz CT molecular complexity index is 171. The molecule has 3 N–H and O–H groups in total. The zero-order valence-corrected chi connectivity index (χ0v) is 9.29. The minimum absolute atomic E-state index is 0.182. The second-order valence-corrected chi connectivity index (χ2v) is 4.69. The van der Waals surface area contributed by atoms with Crippen LogP contribution in [-0.2, 0) is 0 Å². The third-order valence-corrected chi connectivity index (χ3v) is 3.24. The van der Waals surface area contributed by atoms with Gasteiger partial charge in [0.05, 0.1) is 11.7 Å². The number of aliphatic hydroxyl groups excluding tert-OH is 1. The highest BCUT2D eigenvalue weighted by Crippen LogP contribution is 2.19. The van der Waals surface area contributed by atoms with Crippen LogP contribution in [0.2, 0.25) is 0 Å². The van der Waals surface area contributed by atoms with E-state index in [0.717, 1.165) is 25.7 Å². The standard InChI is InChI=1S/C11H23NO2/c1-3-11(2,14)8-12-9-6-4-5-7-10(9)13/h9-10,12-14H,3-8H2,1-2H3/t9-,10-,11?/m0/s1. The second kappa shape index (κ2) is 5.10. The third kappa shape index (κ3) is 3.56. The molecule has 14 heavy (non-hydrogen) atoms. The van der Waals surface area contributed by atoms with E-state index >= 15 is 0 Å². The summed E-state index contributed by atoms with van der Waals surface area (Å²) in [6.07, 6.45) is 4.75. The topological polar surface area (TPSA) is 52.5 Å². The molecule has 3 atom stereocenters. The van der Waals surface area contributed by atoms with Gasteiger partial charge in [-0.05, 0) is 26.2 Å². The smallest absolute Gasteiger partial charge is 0.0741 e. The monoisotopic (exact) mass is 201 g/mol. The van der Waals surface area contributed by atoms with Crippen LogP contribution in [0.1, 0.15) is 46.0 Å². The summed E-state index contributed by atoms with van der Waals surface area (Å²) in [6, 6.07) is 0.182. The SMILES string of the molecule is CCC(C)(O)CN[C@H]1CCCC[C@@H]1O. The molecule has 0 aromatic rings. The number of rotatable bonds is 4. The number of hydrogen-bond donors (Lipinski definition) is 3. The van der Waals surface area contributed by atoms with E-state index in [4.69, 9.17) is 0 Å². The molecule has 3 heteroatoms. The van der Waals surface area contributed by atoms with Gasteiger partial charge in [-0.1, -0.05) is 19.8 Å². The Morgan fingerprint density at radius 1 is 1.36 bits per heavy atom. The maximum absolute atomic E-state index is 9.80. The van der Waals surface area contributed by atoms with E-state index in [0.29, 0.717) is 6.54 Å². The molecule has 0 bridgehead atoms. The van der Waals surface area contributed by atoms with Crippen molar-refractivity contribution in [1.29, 1.82) is 0 Å². The predicted octanol–water partition coefficient (Wildman–Crippen LogP) is 1.04. The average Bonchev–Trinajstić information content (AvgIpc) is 2.17. The number of hydrogen-bond acceptors (Lipinski definition) is 3. The molecule has 84 valence electrons. The van der Waals surface area contributed by atoms with Crippen LogP contribution in [0.5, 0.6) is 0 Å². The van der Waals surface area contributed by atoms with Crippen LogP contribution in [-0.4, -0.2) is 34.5 Å². The lowest BCUT2D eigenvalue weighted by Crippen LogP contribution is -2.48. The Labute approximate surface area is 86.5 Å². The maximum atomic E-state index is 9.80. The molecule has 1 aliphatic carbocycles. The summed E-state index contributed by atoms with van der Waals surface area (Å²) in [5.41, 5.74) is -0.642. The predicted molar refractivity (Wildman–Crippen MR) is 57.2 cm³/mol. The first-order chi connectivity index (χ1) is 6.55. The summed E-state index contributed by atoms with van der Waals surface area (Å²) in [5.74, 6) is 0. The van der Waals surface area contributed by atoms with Gasteiger partial charge in [0.2, 0.25) is 0 Å². The summed E-state index contributed by atoms with van der Waals surface area (Å²) in [5, 5.41) is 22.8. The zero-order chi connectivity index (χ0) is 10.6. The van der Waals surface area contributed by atoms with E-state index in [2.05, 4.69) is 5.32 Å².